The number of hydrogen-bond donors (Lipinski definition) is 0. The second-order valence-electron chi connectivity index (χ2n) is 8.07. The Labute approximate surface area is 177 Å². The lowest BCUT2D eigenvalue weighted by molar-refractivity contribution is 0.134. The molecule has 28 heavy (non-hydrogen) atoms. The van der Waals surface area contributed by atoms with Gasteiger partial charge in [-0.25, -0.2) is 0 Å². The normalized spacial score (nSPS) is 10.5. The van der Waals surface area contributed by atoms with Gasteiger partial charge < -0.3 is 4.74 Å². The SMILES string of the molecule is CCCCCCCCCCCCCCCCCC.CCOCc1ccccc1. The predicted molar refractivity (Wildman–Crippen MR) is 127 cm³/mol. The predicted octanol–water partition coefficient (Wildman–Crippen LogP) is 9.49. The molecule has 0 aliphatic carbocycles. The smallest absolute Gasteiger partial charge is 0.0716 e. The largest absolute Gasteiger partial charge is 0.377 e. The Morgan fingerprint density at radius 2 is 0.857 bits per heavy atom. The van der Waals surface area contributed by atoms with Gasteiger partial charge in [-0.15, -0.1) is 0 Å². The maximum Gasteiger partial charge on any atom is 0.0716 e. The lowest BCUT2D eigenvalue weighted by Gasteiger charge is -2.03. The van der Waals surface area contributed by atoms with Gasteiger partial charge in [-0.05, 0) is 12.5 Å². The summed E-state index contributed by atoms with van der Waals surface area (Å²) in [6, 6.07) is 10.2. The van der Waals surface area contributed by atoms with Crippen LogP contribution in [0.3, 0.4) is 0 Å². The fourth-order valence-electron chi connectivity index (χ4n) is 3.42. The number of rotatable bonds is 18. The summed E-state index contributed by atoms with van der Waals surface area (Å²) in [7, 11) is 0. The van der Waals surface area contributed by atoms with E-state index in [1.807, 2.05) is 25.1 Å². The van der Waals surface area contributed by atoms with Gasteiger partial charge in [0.1, 0.15) is 0 Å². The molecule has 0 heterocycles. The number of benzene rings is 1. The first-order valence-corrected chi connectivity index (χ1v) is 12.5. The van der Waals surface area contributed by atoms with Crippen molar-refractivity contribution < 1.29 is 4.74 Å². The van der Waals surface area contributed by atoms with E-state index in [2.05, 4.69) is 26.0 Å². The molecular weight excluding hydrogens is 340 g/mol. The molecule has 1 aromatic carbocycles. The van der Waals surface area contributed by atoms with Crippen molar-refractivity contribution in [1.82, 2.24) is 0 Å². The van der Waals surface area contributed by atoms with Crippen molar-refractivity contribution in [3.63, 3.8) is 0 Å². The van der Waals surface area contributed by atoms with Gasteiger partial charge in [-0.1, -0.05) is 147 Å². The Morgan fingerprint density at radius 1 is 0.500 bits per heavy atom. The van der Waals surface area contributed by atoms with Crippen LogP contribution in [0.5, 0.6) is 0 Å². The van der Waals surface area contributed by atoms with Crippen LogP contribution in [-0.4, -0.2) is 6.61 Å². The molecule has 1 heteroatoms. The van der Waals surface area contributed by atoms with Crippen LogP contribution in [-0.2, 0) is 11.3 Å². The molecule has 0 saturated heterocycles. The Balaban J connectivity index is 0.000000609. The van der Waals surface area contributed by atoms with Crippen molar-refractivity contribution in [3.8, 4) is 0 Å². The van der Waals surface area contributed by atoms with Crippen LogP contribution in [0, 0.1) is 0 Å². The van der Waals surface area contributed by atoms with E-state index < -0.39 is 0 Å². The van der Waals surface area contributed by atoms with Gasteiger partial charge in [-0.2, -0.15) is 0 Å². The third kappa shape index (κ3) is 21.5. The molecule has 0 saturated carbocycles. The summed E-state index contributed by atoms with van der Waals surface area (Å²) < 4.78 is 5.22. The second kappa shape index (κ2) is 24.2. The average Bonchev–Trinajstić information content (AvgIpc) is 2.74. The molecule has 1 rings (SSSR count). The quantitative estimate of drug-likeness (QED) is 0.227. The topological polar surface area (TPSA) is 9.23 Å². The highest BCUT2D eigenvalue weighted by Crippen LogP contribution is 2.13. The molecule has 1 nitrogen and oxygen atoms in total. The van der Waals surface area contributed by atoms with Crippen LogP contribution in [0.4, 0.5) is 0 Å². The first-order chi connectivity index (χ1) is 13.8. The highest BCUT2D eigenvalue weighted by Gasteiger charge is 1.93. The van der Waals surface area contributed by atoms with E-state index in [1.54, 1.807) is 0 Å². The first kappa shape index (κ1) is 27.2. The van der Waals surface area contributed by atoms with Gasteiger partial charge >= 0.3 is 0 Å². The van der Waals surface area contributed by atoms with E-state index in [0.717, 1.165) is 13.2 Å². The van der Waals surface area contributed by atoms with Crippen LogP contribution in [0.2, 0.25) is 0 Å². The van der Waals surface area contributed by atoms with Crippen LogP contribution in [0.15, 0.2) is 30.3 Å². The van der Waals surface area contributed by atoms with Gasteiger partial charge in [0.25, 0.3) is 0 Å². The van der Waals surface area contributed by atoms with Gasteiger partial charge in [0.05, 0.1) is 6.61 Å². The zero-order valence-electron chi connectivity index (χ0n) is 19.5. The van der Waals surface area contributed by atoms with E-state index in [-0.39, 0.29) is 0 Å². The van der Waals surface area contributed by atoms with Crippen molar-refractivity contribution in [2.45, 2.75) is 130 Å². The summed E-state index contributed by atoms with van der Waals surface area (Å²) in [5.74, 6) is 0. The van der Waals surface area contributed by atoms with E-state index in [4.69, 9.17) is 4.74 Å². The van der Waals surface area contributed by atoms with Crippen molar-refractivity contribution in [2.24, 2.45) is 0 Å². The third-order valence-corrected chi connectivity index (χ3v) is 5.27. The Hall–Kier alpha value is -0.820. The number of unbranched alkanes of at least 4 members (excludes halogenated alkanes) is 15. The Kier molecular flexibility index (Phi) is 23.5. The maximum atomic E-state index is 5.22. The minimum atomic E-state index is 0.733. The zero-order chi connectivity index (χ0) is 20.5. The minimum Gasteiger partial charge on any atom is -0.377 e. The molecule has 0 spiro atoms. The lowest BCUT2D eigenvalue weighted by Crippen LogP contribution is -1.90. The van der Waals surface area contributed by atoms with E-state index in [9.17, 15) is 0 Å². The summed E-state index contributed by atoms with van der Waals surface area (Å²) in [4.78, 5) is 0. The van der Waals surface area contributed by atoms with E-state index >= 15 is 0 Å². The number of hydrogen-bond acceptors (Lipinski definition) is 1. The third-order valence-electron chi connectivity index (χ3n) is 5.27. The summed E-state index contributed by atoms with van der Waals surface area (Å²) >= 11 is 0. The highest BCUT2D eigenvalue weighted by atomic mass is 16.5. The van der Waals surface area contributed by atoms with Crippen molar-refractivity contribution in [2.75, 3.05) is 6.61 Å². The summed E-state index contributed by atoms with van der Waals surface area (Å²) in [6.07, 6.45) is 23.4. The van der Waals surface area contributed by atoms with Crippen LogP contribution in [0.1, 0.15) is 129 Å². The van der Waals surface area contributed by atoms with Gasteiger partial charge in [0.15, 0.2) is 0 Å². The molecule has 0 aliphatic heterocycles. The van der Waals surface area contributed by atoms with Gasteiger partial charge in [-0.3, -0.25) is 0 Å². The monoisotopic (exact) mass is 390 g/mol. The molecule has 0 radical (unpaired) electrons. The van der Waals surface area contributed by atoms with Crippen LogP contribution < -0.4 is 0 Å². The first-order valence-electron chi connectivity index (χ1n) is 12.5. The molecule has 0 aromatic heterocycles. The van der Waals surface area contributed by atoms with E-state index in [1.165, 1.54) is 108 Å². The standard InChI is InChI=1S/C18H38.C9H12O/c1-3-5-7-9-11-13-15-17-18-16-14-12-10-8-6-4-2;1-2-10-8-9-6-4-3-5-7-9/h3-18H2,1-2H3;3-7H,2,8H2,1H3. The average molecular weight is 391 g/mol. The molecule has 1 aromatic rings. The summed E-state index contributed by atoms with van der Waals surface area (Å²) in [6.45, 7) is 8.11. The highest BCUT2D eigenvalue weighted by molar-refractivity contribution is 5.13. The summed E-state index contributed by atoms with van der Waals surface area (Å²) in [5, 5.41) is 0. The molecule has 0 atom stereocenters. The molecule has 0 amide bonds. The van der Waals surface area contributed by atoms with E-state index in [0.29, 0.717) is 0 Å². The second-order valence-corrected chi connectivity index (χ2v) is 8.07. The molecule has 0 bridgehead atoms. The lowest BCUT2D eigenvalue weighted by atomic mass is 10.0. The fraction of sp³-hybridized carbons (Fsp3) is 0.778. The Morgan fingerprint density at radius 3 is 1.18 bits per heavy atom. The van der Waals surface area contributed by atoms with Gasteiger partial charge in [0.2, 0.25) is 0 Å². The molecule has 0 fully saturated rings. The molecule has 0 aliphatic rings. The molecule has 0 unspecified atom stereocenters. The maximum absolute atomic E-state index is 5.22. The van der Waals surface area contributed by atoms with Crippen molar-refractivity contribution in [1.29, 1.82) is 0 Å². The minimum absolute atomic E-state index is 0.733. The molecule has 0 N–H and O–H groups in total. The van der Waals surface area contributed by atoms with Gasteiger partial charge in [0, 0.05) is 6.61 Å². The molecule has 164 valence electrons. The number of ether oxygens (including phenoxy) is 1. The summed E-state index contributed by atoms with van der Waals surface area (Å²) in [5.41, 5.74) is 1.24. The Bertz CT molecular complexity index is 357. The molecular formula is C27H50O. The zero-order valence-corrected chi connectivity index (χ0v) is 19.5. The van der Waals surface area contributed by atoms with Crippen molar-refractivity contribution >= 4 is 0 Å². The van der Waals surface area contributed by atoms with Crippen molar-refractivity contribution in [3.05, 3.63) is 35.9 Å². The van der Waals surface area contributed by atoms with Crippen LogP contribution >= 0.6 is 0 Å². The fourth-order valence-corrected chi connectivity index (χ4v) is 3.42. The van der Waals surface area contributed by atoms with Crippen LogP contribution in [0.25, 0.3) is 0 Å².